The standard InChI is InChI=1S/C78H73F3N4O20/c1-10-42(4)76(92)100-31-29-98-27-25-82-70(86)56(12-3)84-72(88)52-37-58(102-48-21-13-17-44(33-48)94-6)64-66-60(104-50-23-15-19-46(35-50)96-8)39-54-63-55(75(91)85(74(54)90)57(41-78(79,80)81)71(87)83-26-28-99-30-32-101-77(93)43(5)11-2)40-61(105-51-24-16-20-47(36-51)97-9)67(69(63)66)65-59(38-53(73(84)89)62(52)68(64)65)103-49-22-14-18-45(34-49)95-7/h13-24,33-40,56-57H,4-5,10-12,25-32,41H2,1-3,6-9H3,(H,82,86)(H,83,87). The molecule has 2 heterocycles. The summed E-state index contributed by atoms with van der Waals surface area (Å²) in [4.78, 5) is 118. The smallest absolute Gasteiger partial charge is 0.391 e. The summed E-state index contributed by atoms with van der Waals surface area (Å²) in [5.74, 6) is -7.24. The van der Waals surface area contributed by atoms with E-state index in [9.17, 15) is 19.2 Å². The van der Waals surface area contributed by atoms with Gasteiger partial charge in [-0.05, 0) is 92.1 Å². The normalized spacial score (nSPS) is 13.2. The van der Waals surface area contributed by atoms with Crippen LogP contribution in [-0.2, 0) is 38.1 Å². The van der Waals surface area contributed by atoms with E-state index in [0.29, 0.717) is 24.3 Å². The Balaban J connectivity index is 1.19. The molecule has 2 unspecified atom stereocenters. The summed E-state index contributed by atoms with van der Waals surface area (Å²) in [7, 11) is 5.69. The largest absolute Gasteiger partial charge is 0.497 e. The number of ether oxygens (including phenoxy) is 12. The Kier molecular flexibility index (Phi) is 22.7. The summed E-state index contributed by atoms with van der Waals surface area (Å²) in [6.07, 6.45) is -6.58. The lowest BCUT2D eigenvalue weighted by Gasteiger charge is -2.35. The van der Waals surface area contributed by atoms with Crippen LogP contribution < -0.4 is 48.5 Å². The summed E-state index contributed by atoms with van der Waals surface area (Å²) < 4.78 is 118. The average molecular weight is 1440 g/mol. The second kappa shape index (κ2) is 32.1. The number of hydrogen-bond acceptors (Lipinski definition) is 20. The third-order valence-electron chi connectivity index (χ3n) is 17.5. The van der Waals surface area contributed by atoms with Crippen LogP contribution in [-0.4, -0.2) is 157 Å². The highest BCUT2D eigenvalue weighted by molar-refractivity contribution is 6.45. The highest BCUT2D eigenvalue weighted by atomic mass is 19.4. The molecule has 0 saturated heterocycles. The molecule has 546 valence electrons. The fraction of sp³-hybridized carbons (Fsp3) is 0.282. The van der Waals surface area contributed by atoms with E-state index in [1.807, 2.05) is 0 Å². The Bertz CT molecular complexity index is 4710. The lowest BCUT2D eigenvalue weighted by atomic mass is 9.80. The quantitative estimate of drug-likeness (QED) is 0.00946. The van der Waals surface area contributed by atoms with E-state index in [1.165, 1.54) is 64.8 Å². The molecule has 2 atom stereocenters. The minimum Gasteiger partial charge on any atom is -0.497 e. The van der Waals surface area contributed by atoms with Gasteiger partial charge in [-0.15, -0.1) is 0 Å². The fourth-order valence-electron chi connectivity index (χ4n) is 12.4. The summed E-state index contributed by atoms with van der Waals surface area (Å²) in [6.45, 7) is 11.0. The number of nitrogens with zero attached hydrogens (tertiary/aromatic N) is 2. The molecule has 0 aromatic heterocycles. The number of imide groups is 2. The van der Waals surface area contributed by atoms with Crippen LogP contribution in [0.1, 0.15) is 87.9 Å². The van der Waals surface area contributed by atoms with Gasteiger partial charge in [0.1, 0.15) is 94.3 Å². The Morgan fingerprint density at radius 3 is 0.990 bits per heavy atom. The number of methoxy groups -OCH3 is 4. The maximum Gasteiger partial charge on any atom is 0.391 e. The molecule has 11 rings (SSSR count). The van der Waals surface area contributed by atoms with Crippen molar-refractivity contribution in [3.8, 4) is 69.0 Å². The van der Waals surface area contributed by atoms with E-state index in [2.05, 4.69) is 23.8 Å². The first-order valence-corrected chi connectivity index (χ1v) is 33.4. The highest BCUT2D eigenvalue weighted by Crippen LogP contribution is 2.58. The number of benzene rings is 9. The monoisotopic (exact) mass is 1440 g/mol. The van der Waals surface area contributed by atoms with Crippen molar-refractivity contribution in [1.29, 1.82) is 0 Å². The van der Waals surface area contributed by atoms with E-state index in [4.69, 9.17) is 56.8 Å². The molecule has 24 nitrogen and oxygen atoms in total. The van der Waals surface area contributed by atoms with Crippen molar-refractivity contribution in [2.45, 2.75) is 64.7 Å². The van der Waals surface area contributed by atoms with Crippen molar-refractivity contribution < 1.29 is 108 Å². The number of halogens is 3. The third kappa shape index (κ3) is 15.5. The van der Waals surface area contributed by atoms with E-state index in [1.54, 1.807) is 106 Å². The second-order valence-electron chi connectivity index (χ2n) is 24.0. The van der Waals surface area contributed by atoms with Gasteiger partial charge in [-0.2, -0.15) is 13.2 Å². The van der Waals surface area contributed by atoms with Crippen LogP contribution in [0.3, 0.4) is 0 Å². The van der Waals surface area contributed by atoms with Crippen molar-refractivity contribution >= 4 is 90.5 Å². The van der Waals surface area contributed by atoms with Crippen LogP contribution >= 0.6 is 0 Å². The molecule has 9 aromatic rings. The van der Waals surface area contributed by atoms with Crippen LogP contribution in [0.25, 0.3) is 43.1 Å². The molecule has 2 aliphatic rings. The number of fused-ring (bicyclic) bond motifs is 2. The lowest BCUT2D eigenvalue weighted by molar-refractivity contribution is -0.153. The van der Waals surface area contributed by atoms with Crippen LogP contribution in [0.15, 0.2) is 146 Å². The van der Waals surface area contributed by atoms with E-state index >= 15 is 32.3 Å². The molecule has 0 bridgehead atoms. The number of hydrogen-bond donors (Lipinski definition) is 2. The van der Waals surface area contributed by atoms with E-state index < -0.39 is 89.7 Å². The first-order chi connectivity index (χ1) is 50.5. The predicted molar refractivity (Wildman–Crippen MR) is 378 cm³/mol. The van der Waals surface area contributed by atoms with Gasteiger partial charge in [-0.25, -0.2) is 9.59 Å². The van der Waals surface area contributed by atoms with Gasteiger partial charge in [-0.3, -0.25) is 38.6 Å². The van der Waals surface area contributed by atoms with Crippen molar-refractivity contribution in [1.82, 2.24) is 20.4 Å². The zero-order chi connectivity index (χ0) is 75.0. The van der Waals surface area contributed by atoms with Crippen LogP contribution in [0.5, 0.6) is 69.0 Å². The Labute approximate surface area is 599 Å². The zero-order valence-corrected chi connectivity index (χ0v) is 58.3. The maximum absolute atomic E-state index is 16.0. The first kappa shape index (κ1) is 74.2. The summed E-state index contributed by atoms with van der Waals surface area (Å²) in [6, 6.07) is 26.5. The maximum atomic E-state index is 16.0. The number of rotatable bonds is 34. The molecular weight excluding hydrogens is 1370 g/mol. The van der Waals surface area contributed by atoms with Crippen LogP contribution in [0.2, 0.25) is 0 Å². The molecule has 2 N–H and O–H groups in total. The third-order valence-corrected chi connectivity index (χ3v) is 17.5. The zero-order valence-electron chi connectivity index (χ0n) is 58.3. The Morgan fingerprint density at radius 2 is 0.705 bits per heavy atom. The summed E-state index contributed by atoms with van der Waals surface area (Å²) >= 11 is 0. The molecule has 27 heteroatoms. The molecule has 105 heavy (non-hydrogen) atoms. The molecule has 0 spiro atoms. The number of amides is 6. The number of alkyl halides is 3. The molecular formula is C78H73F3N4O20. The SMILES string of the molecule is C=C(CC)C(=O)OCCOCCNC(=O)C(CC)N1C(=O)c2cc(Oc3cccc(OC)c3)c3c4c(Oc5cccc(OC)c5)cc5c6c(cc(Oc7cccc(OC)c7)c(c7c(Oc8cccc(OC)c8)cc(c2c37)C1=O)c64)C(=O)N(C(CC(F)(F)F)C(=O)NCCOCCOC(=O)C(=C)CC)C5=O. The average Bonchev–Trinajstić information content (AvgIpc) is 0.671. The number of carbonyl (C=O) groups excluding carboxylic acids is 8. The van der Waals surface area contributed by atoms with Gasteiger partial charge in [-0.1, -0.05) is 58.2 Å². The minimum absolute atomic E-state index is 0.00558. The minimum atomic E-state index is -5.19. The molecule has 9 aromatic carbocycles. The second-order valence-corrected chi connectivity index (χ2v) is 24.0. The van der Waals surface area contributed by atoms with Gasteiger partial charge in [0.15, 0.2) is 0 Å². The molecule has 0 radical (unpaired) electrons. The van der Waals surface area contributed by atoms with Crippen molar-refractivity contribution in [2.75, 3.05) is 81.2 Å². The van der Waals surface area contributed by atoms with Crippen LogP contribution in [0, 0.1) is 0 Å². The number of carbonyl (C=O) groups is 8. The van der Waals surface area contributed by atoms with Gasteiger partial charge in [0.05, 0.1) is 83.5 Å². The Morgan fingerprint density at radius 1 is 0.410 bits per heavy atom. The van der Waals surface area contributed by atoms with Gasteiger partial charge in [0, 0.05) is 91.6 Å². The number of nitrogens with one attached hydrogen (secondary N) is 2. The van der Waals surface area contributed by atoms with Gasteiger partial charge in [0.2, 0.25) is 11.8 Å². The summed E-state index contributed by atoms with van der Waals surface area (Å²) in [5.41, 5.74) is -0.746. The Hall–Kier alpha value is -12.0. The van der Waals surface area contributed by atoms with E-state index in [-0.39, 0.29) is 180 Å². The fourth-order valence-corrected chi connectivity index (χ4v) is 12.4. The lowest BCUT2D eigenvalue weighted by Crippen LogP contribution is -2.55. The molecule has 2 aliphatic heterocycles. The molecule has 0 aliphatic carbocycles. The number of esters is 2. The summed E-state index contributed by atoms with van der Waals surface area (Å²) in [5, 5.41) is 4.98. The molecule has 0 fully saturated rings. The van der Waals surface area contributed by atoms with Crippen molar-refractivity contribution in [2.24, 2.45) is 0 Å². The van der Waals surface area contributed by atoms with Crippen molar-refractivity contribution in [3.63, 3.8) is 0 Å². The van der Waals surface area contributed by atoms with E-state index in [0.717, 1.165) is 4.90 Å². The molecule has 6 amide bonds. The highest BCUT2D eigenvalue weighted by Gasteiger charge is 2.49. The van der Waals surface area contributed by atoms with Gasteiger partial charge in [0.25, 0.3) is 23.6 Å². The molecule has 0 saturated carbocycles. The topological polar surface area (TPSA) is 278 Å². The van der Waals surface area contributed by atoms with Crippen LogP contribution in [0.4, 0.5) is 13.2 Å². The van der Waals surface area contributed by atoms with Gasteiger partial charge < -0.3 is 67.5 Å². The van der Waals surface area contributed by atoms with Crippen molar-refractivity contribution in [3.05, 3.63) is 168 Å². The predicted octanol–water partition coefficient (Wildman–Crippen LogP) is 13.5. The van der Waals surface area contributed by atoms with Gasteiger partial charge >= 0.3 is 18.1 Å². The first-order valence-electron chi connectivity index (χ1n) is 33.4.